The van der Waals surface area contributed by atoms with Crippen molar-refractivity contribution in [1.29, 1.82) is 0 Å². The number of aldehydes is 1. The second-order valence-electron chi connectivity index (χ2n) is 31.4. The number of nitrogens with one attached hydrogen (secondary N) is 4. The molecule has 0 spiro atoms. The molecule has 16 heterocycles. The standard InChI is InChI=1S/C24H26N6O4.C24H24N6O4.C20H17N5O2.C18H21N3O4.C6H5N3/c2*1-24(2,3)34-23(32)30(13-15-5-8-20(33-4)27-9-15)19-7-6-16(10-26-19)21(31)17-12-28-22-18(17)11-25-14-29-22;1-27-18-7-3-13(8-23-18)2-5-15-6-4-14(9-22-15)19(26)16-11-24-20-17(16)10-21-12-25-20;1-18(2,3)25-17(23)21(15-7-5-14(12-22)10-19-15)11-13-6-8-16(24-4)20-9-13;1-2-8-6-5(1)3-7-4-9-6/h5-12,14,21,31H,13H2,1-4H3,(H,25,28,29);5-12,14H,13H2,1-4H3,(H,25,28,29);3-4,6-12H,2,5H2,1H3,(H,21,24,25);5-10,12H,11H2,1-4H3;1-4H,(H,7,8,9). The first-order valence-corrected chi connectivity index (χ1v) is 40.1. The number of carbonyl (C=O) groups excluding carboxylic acids is 6. The summed E-state index contributed by atoms with van der Waals surface area (Å²) in [4.78, 5) is 158. The second-order valence-corrected chi connectivity index (χ2v) is 31.4. The van der Waals surface area contributed by atoms with Crippen LogP contribution in [0.2, 0.25) is 0 Å². The van der Waals surface area contributed by atoms with Crippen LogP contribution in [0.5, 0.6) is 23.5 Å². The lowest BCUT2D eigenvalue weighted by molar-refractivity contribution is 0.0565. The van der Waals surface area contributed by atoms with Crippen molar-refractivity contribution in [1.82, 2.24) is 99.7 Å². The first kappa shape index (κ1) is 91.9. The monoisotopic (exact) mass is 1740 g/mol. The van der Waals surface area contributed by atoms with Gasteiger partial charge >= 0.3 is 18.3 Å². The number of H-pyrrole nitrogens is 4. The van der Waals surface area contributed by atoms with E-state index >= 15 is 0 Å². The number of aromatic amines is 4. The van der Waals surface area contributed by atoms with Gasteiger partial charge in [0.25, 0.3) is 0 Å². The topological polar surface area (TPSA) is 466 Å². The van der Waals surface area contributed by atoms with Crippen molar-refractivity contribution in [3.05, 3.63) is 294 Å². The summed E-state index contributed by atoms with van der Waals surface area (Å²) < 4.78 is 36.9. The number of amides is 3. The molecular formula is C92H93N23O14. The van der Waals surface area contributed by atoms with Crippen LogP contribution in [0.4, 0.5) is 31.8 Å². The Balaban J connectivity index is 0.000000151. The van der Waals surface area contributed by atoms with Gasteiger partial charge in [-0.25, -0.2) is 89.1 Å². The number of hydrogen-bond donors (Lipinski definition) is 5. The van der Waals surface area contributed by atoms with Crippen molar-refractivity contribution in [2.24, 2.45) is 0 Å². The minimum Gasteiger partial charge on any atom is -0.481 e. The van der Waals surface area contributed by atoms with Crippen LogP contribution in [0.3, 0.4) is 0 Å². The first-order valence-electron chi connectivity index (χ1n) is 40.1. The van der Waals surface area contributed by atoms with E-state index in [4.69, 9.17) is 33.2 Å². The van der Waals surface area contributed by atoms with Crippen molar-refractivity contribution in [2.45, 2.75) is 118 Å². The summed E-state index contributed by atoms with van der Waals surface area (Å²) in [6.45, 7) is 16.7. The number of fused-ring (bicyclic) bond motifs is 4. The molecule has 37 heteroatoms. The normalized spacial score (nSPS) is 11.3. The molecule has 0 aliphatic heterocycles. The molecule has 16 rings (SSSR count). The van der Waals surface area contributed by atoms with E-state index in [9.17, 15) is 33.9 Å². The van der Waals surface area contributed by atoms with Gasteiger partial charge in [0, 0.05) is 178 Å². The Morgan fingerprint density at radius 2 is 0.775 bits per heavy atom. The maximum absolute atomic E-state index is 13.0. The number of aryl methyl sites for hydroxylation is 2. The summed E-state index contributed by atoms with van der Waals surface area (Å²) >= 11 is 0. The lowest BCUT2D eigenvalue weighted by Gasteiger charge is -2.27. The van der Waals surface area contributed by atoms with Gasteiger partial charge in [0.2, 0.25) is 23.5 Å². The van der Waals surface area contributed by atoms with Crippen molar-refractivity contribution in [2.75, 3.05) is 43.1 Å². The number of methoxy groups -OCH3 is 4. The fraction of sp³-hybridized carbons (Fsp3) is 0.239. The number of anilines is 3. The Morgan fingerprint density at radius 3 is 1.16 bits per heavy atom. The number of pyridine rings is 8. The Labute approximate surface area is 739 Å². The molecule has 0 fully saturated rings. The van der Waals surface area contributed by atoms with Gasteiger partial charge in [-0.15, -0.1) is 0 Å². The molecule has 0 radical (unpaired) electrons. The van der Waals surface area contributed by atoms with E-state index in [0.29, 0.717) is 114 Å². The predicted octanol–water partition coefficient (Wildman–Crippen LogP) is 14.7. The third-order valence-corrected chi connectivity index (χ3v) is 18.6. The lowest BCUT2D eigenvalue weighted by Crippen LogP contribution is -2.37. The van der Waals surface area contributed by atoms with Gasteiger partial charge in [-0.05, 0) is 146 Å². The summed E-state index contributed by atoms with van der Waals surface area (Å²) in [6.07, 6.45) is 31.6. The van der Waals surface area contributed by atoms with E-state index < -0.39 is 41.2 Å². The summed E-state index contributed by atoms with van der Waals surface area (Å²) in [5.41, 5.74) is 8.60. The number of ketones is 2. The molecule has 37 nitrogen and oxygen atoms in total. The summed E-state index contributed by atoms with van der Waals surface area (Å²) in [6, 6.07) is 29.9. The molecule has 3 amide bonds. The fourth-order valence-electron chi connectivity index (χ4n) is 12.3. The third-order valence-electron chi connectivity index (χ3n) is 18.6. The van der Waals surface area contributed by atoms with Crippen LogP contribution < -0.4 is 33.6 Å². The van der Waals surface area contributed by atoms with E-state index in [2.05, 4.69) is 99.7 Å². The van der Waals surface area contributed by atoms with Gasteiger partial charge in [0.05, 0.1) is 59.2 Å². The number of nitrogens with zero attached hydrogens (tertiary/aromatic N) is 19. The molecule has 0 aromatic carbocycles. The van der Waals surface area contributed by atoms with Gasteiger partial charge < -0.3 is 58.2 Å². The second kappa shape index (κ2) is 42.4. The number of rotatable bonds is 23. The van der Waals surface area contributed by atoms with Gasteiger partial charge in [-0.2, -0.15) is 0 Å². The molecule has 0 aliphatic rings. The zero-order valence-corrected chi connectivity index (χ0v) is 72.8. The average Bonchev–Trinajstić information content (AvgIpc) is 1.63. The zero-order chi connectivity index (χ0) is 91.8. The Kier molecular flexibility index (Phi) is 30.2. The highest BCUT2D eigenvalue weighted by Crippen LogP contribution is 2.31. The van der Waals surface area contributed by atoms with Gasteiger partial charge in [-0.1, -0.05) is 30.3 Å². The first-order chi connectivity index (χ1) is 62.0. The maximum atomic E-state index is 13.0. The molecule has 0 saturated carbocycles. The minimum absolute atomic E-state index is 0.102. The number of ether oxygens (including phenoxy) is 7. The maximum Gasteiger partial charge on any atom is 0.416 e. The SMILES string of the molecule is COc1ccc(CCc2ccc(C(=O)c3c[nH]c4ncncc34)cn2)cn1.COc1ccc(CN(C(=O)OC(C)(C)C)c2ccc(C(=O)c3c[nH]c4ncncc34)cn2)cn1.COc1ccc(CN(C(=O)OC(C)(C)C)c2ccc(C(O)c3c[nH]c4ncncc34)cn2)cn1.COc1ccc(CN(C(=O)OC(C)(C)C)c2ccc(C=O)cn2)cn1.c1ncc2cc[nH]c2n1. The van der Waals surface area contributed by atoms with Crippen LogP contribution >= 0.6 is 0 Å². The van der Waals surface area contributed by atoms with E-state index in [1.807, 2.05) is 42.6 Å². The van der Waals surface area contributed by atoms with Gasteiger partial charge in [0.1, 0.15) is 88.3 Å². The highest BCUT2D eigenvalue weighted by molar-refractivity contribution is 6.16. The summed E-state index contributed by atoms with van der Waals surface area (Å²) in [5.74, 6) is 2.80. The smallest absolute Gasteiger partial charge is 0.416 e. The zero-order valence-electron chi connectivity index (χ0n) is 72.8. The van der Waals surface area contributed by atoms with E-state index in [1.165, 1.54) is 79.9 Å². The summed E-state index contributed by atoms with van der Waals surface area (Å²) in [7, 11) is 6.20. The molecular weight excluding hydrogens is 1650 g/mol. The molecule has 16 aromatic rings. The van der Waals surface area contributed by atoms with Crippen LogP contribution in [0, 0.1) is 0 Å². The van der Waals surface area contributed by atoms with Crippen molar-refractivity contribution < 1.29 is 67.0 Å². The van der Waals surface area contributed by atoms with Gasteiger partial charge in [-0.3, -0.25) is 34.1 Å². The third kappa shape index (κ3) is 25.2. The summed E-state index contributed by atoms with van der Waals surface area (Å²) in [5, 5.41) is 14.0. The van der Waals surface area contributed by atoms with Crippen LogP contribution in [-0.2, 0) is 46.7 Å². The van der Waals surface area contributed by atoms with Crippen LogP contribution in [0.15, 0.2) is 228 Å². The van der Waals surface area contributed by atoms with Crippen molar-refractivity contribution >= 4 is 97.7 Å². The highest BCUT2D eigenvalue weighted by atomic mass is 16.6. The van der Waals surface area contributed by atoms with E-state index in [0.717, 1.165) is 57.2 Å². The van der Waals surface area contributed by atoms with E-state index in [-0.39, 0.29) is 31.2 Å². The average molecular weight is 1740 g/mol. The van der Waals surface area contributed by atoms with Crippen LogP contribution in [-0.4, -0.2) is 186 Å². The predicted molar refractivity (Wildman–Crippen MR) is 477 cm³/mol. The largest absolute Gasteiger partial charge is 0.481 e. The molecule has 1 atom stereocenters. The number of aliphatic hydroxyl groups excluding tert-OH is 1. The fourth-order valence-corrected chi connectivity index (χ4v) is 12.3. The molecule has 0 bridgehead atoms. The molecule has 5 N–H and O–H groups in total. The Bertz CT molecular complexity index is 6390. The van der Waals surface area contributed by atoms with Crippen LogP contribution in [0.25, 0.3) is 44.1 Å². The highest BCUT2D eigenvalue weighted by Gasteiger charge is 2.30. The Morgan fingerprint density at radius 1 is 0.380 bits per heavy atom. The van der Waals surface area contributed by atoms with Gasteiger partial charge in [0.15, 0.2) is 17.9 Å². The van der Waals surface area contributed by atoms with Crippen molar-refractivity contribution in [3.63, 3.8) is 0 Å². The van der Waals surface area contributed by atoms with E-state index in [1.54, 1.807) is 211 Å². The molecule has 129 heavy (non-hydrogen) atoms. The molecule has 16 aromatic heterocycles. The number of carbonyl (C=O) groups is 6. The number of aromatic nitrogens is 20. The molecule has 660 valence electrons. The molecule has 0 saturated heterocycles. The minimum atomic E-state index is -0.943. The lowest BCUT2D eigenvalue weighted by atomic mass is 10.0. The number of hydrogen-bond acceptors (Lipinski definition) is 30. The molecule has 1 unspecified atom stereocenters. The number of aliphatic hydroxyl groups is 1. The Hall–Kier alpha value is -16.3. The molecule has 0 aliphatic carbocycles. The van der Waals surface area contributed by atoms with Crippen LogP contribution in [0.1, 0.15) is 150 Å². The quantitative estimate of drug-likeness (QED) is 0.0225. The van der Waals surface area contributed by atoms with Crippen molar-refractivity contribution in [3.8, 4) is 23.5 Å².